The van der Waals surface area contributed by atoms with Crippen LogP contribution < -0.4 is 4.90 Å². The number of nitro benzene ring substituents is 1. The van der Waals surface area contributed by atoms with E-state index >= 15 is 0 Å². The van der Waals surface area contributed by atoms with Crippen LogP contribution in [-0.2, 0) is 0 Å². The first kappa shape index (κ1) is 13.8. The molecule has 2 aromatic carbocycles. The maximum absolute atomic E-state index is 10.7. The number of nitrogens with zero attached hydrogens (tertiary/aromatic N) is 3. The Labute approximate surface area is 126 Å². The molecule has 0 saturated heterocycles. The number of benzene rings is 2. The van der Waals surface area contributed by atoms with E-state index in [4.69, 9.17) is 4.42 Å². The number of para-hydroxylation sites is 1. The highest BCUT2D eigenvalue weighted by atomic mass is 16.6. The third kappa shape index (κ3) is 2.67. The molecule has 0 saturated carbocycles. The Hall–Kier alpha value is -3.15. The Morgan fingerprint density at radius 2 is 1.77 bits per heavy atom. The minimum Gasteiger partial charge on any atom is -0.423 e. The van der Waals surface area contributed by atoms with Crippen molar-refractivity contribution < 1.29 is 9.34 Å². The van der Waals surface area contributed by atoms with Gasteiger partial charge in [-0.25, -0.2) is 4.98 Å². The van der Waals surface area contributed by atoms with E-state index in [2.05, 4.69) is 4.98 Å². The van der Waals surface area contributed by atoms with Crippen LogP contribution in [0.3, 0.4) is 0 Å². The van der Waals surface area contributed by atoms with Crippen molar-refractivity contribution in [1.82, 2.24) is 4.98 Å². The van der Waals surface area contributed by atoms with Gasteiger partial charge in [0, 0.05) is 30.4 Å². The topological polar surface area (TPSA) is 72.4 Å². The average Bonchev–Trinajstić information content (AvgIpc) is 3.05. The molecule has 0 radical (unpaired) electrons. The molecular formula is C16H13N3O3. The van der Waals surface area contributed by atoms with Crippen molar-refractivity contribution in [1.29, 1.82) is 0 Å². The van der Waals surface area contributed by atoms with Gasteiger partial charge in [-0.1, -0.05) is 18.2 Å². The summed E-state index contributed by atoms with van der Waals surface area (Å²) < 4.78 is 5.73. The lowest BCUT2D eigenvalue weighted by Crippen LogP contribution is -2.09. The summed E-state index contributed by atoms with van der Waals surface area (Å²) in [6, 6.07) is 16.4. The van der Waals surface area contributed by atoms with Crippen LogP contribution in [0.25, 0.3) is 11.3 Å². The molecule has 0 aliphatic carbocycles. The molecule has 0 N–H and O–H groups in total. The summed E-state index contributed by atoms with van der Waals surface area (Å²) in [5.74, 6) is 0.563. The molecule has 22 heavy (non-hydrogen) atoms. The molecule has 0 aliphatic heterocycles. The fourth-order valence-corrected chi connectivity index (χ4v) is 2.06. The first-order chi connectivity index (χ1) is 10.6. The van der Waals surface area contributed by atoms with E-state index in [1.807, 2.05) is 42.3 Å². The van der Waals surface area contributed by atoms with Gasteiger partial charge in [0.05, 0.1) is 11.1 Å². The smallest absolute Gasteiger partial charge is 0.302 e. The summed E-state index contributed by atoms with van der Waals surface area (Å²) >= 11 is 0. The fraction of sp³-hybridized carbons (Fsp3) is 0.0625. The van der Waals surface area contributed by atoms with Crippen LogP contribution in [0.4, 0.5) is 17.4 Å². The molecule has 0 amide bonds. The van der Waals surface area contributed by atoms with Gasteiger partial charge in [0.2, 0.25) is 0 Å². The average molecular weight is 295 g/mol. The van der Waals surface area contributed by atoms with Gasteiger partial charge >= 0.3 is 6.01 Å². The van der Waals surface area contributed by atoms with E-state index in [1.54, 1.807) is 18.3 Å². The number of hydrogen-bond acceptors (Lipinski definition) is 5. The first-order valence-corrected chi connectivity index (χ1v) is 6.64. The van der Waals surface area contributed by atoms with Gasteiger partial charge in [0.25, 0.3) is 5.69 Å². The predicted molar refractivity (Wildman–Crippen MR) is 83.1 cm³/mol. The van der Waals surface area contributed by atoms with Gasteiger partial charge in [0.1, 0.15) is 0 Å². The van der Waals surface area contributed by atoms with Gasteiger partial charge < -0.3 is 4.42 Å². The third-order valence-corrected chi connectivity index (χ3v) is 3.29. The van der Waals surface area contributed by atoms with Gasteiger partial charge in [-0.3, -0.25) is 15.0 Å². The van der Waals surface area contributed by atoms with Crippen LogP contribution >= 0.6 is 0 Å². The van der Waals surface area contributed by atoms with Crippen molar-refractivity contribution in [2.24, 2.45) is 0 Å². The molecule has 0 spiro atoms. The molecule has 1 aromatic heterocycles. The van der Waals surface area contributed by atoms with Crippen molar-refractivity contribution >= 4 is 17.4 Å². The van der Waals surface area contributed by atoms with Crippen LogP contribution in [-0.4, -0.2) is 17.0 Å². The van der Waals surface area contributed by atoms with Gasteiger partial charge in [-0.15, -0.1) is 0 Å². The predicted octanol–water partition coefficient (Wildman–Crippen LogP) is 4.02. The monoisotopic (exact) mass is 295 g/mol. The molecule has 0 fully saturated rings. The second-order valence-corrected chi connectivity index (χ2v) is 4.71. The summed E-state index contributed by atoms with van der Waals surface area (Å²) in [6.45, 7) is 0. The number of nitro groups is 1. The second-order valence-electron chi connectivity index (χ2n) is 4.71. The Balaban J connectivity index is 1.86. The maximum Gasteiger partial charge on any atom is 0.302 e. The Morgan fingerprint density at radius 1 is 1.09 bits per heavy atom. The highest BCUT2D eigenvalue weighted by Crippen LogP contribution is 2.28. The number of oxazole rings is 1. The number of non-ortho nitro benzene ring substituents is 1. The van der Waals surface area contributed by atoms with Crippen LogP contribution in [0.5, 0.6) is 0 Å². The second kappa shape index (κ2) is 5.69. The Bertz CT molecular complexity index is 782. The fourth-order valence-electron chi connectivity index (χ4n) is 2.06. The Morgan fingerprint density at radius 3 is 2.41 bits per heavy atom. The van der Waals surface area contributed by atoms with Crippen molar-refractivity contribution in [3.63, 3.8) is 0 Å². The summed E-state index contributed by atoms with van der Waals surface area (Å²) in [7, 11) is 1.86. The van der Waals surface area contributed by atoms with Crippen LogP contribution in [0, 0.1) is 10.1 Å². The molecule has 0 unspecified atom stereocenters. The maximum atomic E-state index is 10.7. The highest BCUT2D eigenvalue weighted by molar-refractivity contribution is 5.61. The zero-order valence-corrected chi connectivity index (χ0v) is 11.8. The first-order valence-electron chi connectivity index (χ1n) is 6.64. The van der Waals surface area contributed by atoms with Crippen molar-refractivity contribution in [3.8, 4) is 11.3 Å². The third-order valence-electron chi connectivity index (χ3n) is 3.29. The molecule has 6 heteroatoms. The lowest BCUT2D eigenvalue weighted by Gasteiger charge is -2.13. The number of anilines is 2. The summed E-state index contributed by atoms with van der Waals surface area (Å²) in [6.07, 6.45) is 1.61. The summed E-state index contributed by atoms with van der Waals surface area (Å²) in [4.78, 5) is 16.3. The Kier molecular flexibility index (Phi) is 3.57. The van der Waals surface area contributed by atoms with Gasteiger partial charge in [-0.05, 0) is 24.3 Å². The summed E-state index contributed by atoms with van der Waals surface area (Å²) in [5.41, 5.74) is 1.75. The van der Waals surface area contributed by atoms with Crippen LogP contribution in [0.2, 0.25) is 0 Å². The van der Waals surface area contributed by atoms with Crippen molar-refractivity contribution in [3.05, 3.63) is 70.9 Å². The van der Waals surface area contributed by atoms with E-state index in [0.717, 1.165) is 11.3 Å². The van der Waals surface area contributed by atoms with Crippen LogP contribution in [0.1, 0.15) is 0 Å². The highest BCUT2D eigenvalue weighted by Gasteiger charge is 2.13. The number of aromatic nitrogens is 1. The van der Waals surface area contributed by atoms with Gasteiger partial charge in [-0.2, -0.15) is 0 Å². The molecule has 3 rings (SSSR count). The lowest BCUT2D eigenvalue weighted by molar-refractivity contribution is -0.384. The minimum atomic E-state index is -0.432. The molecule has 110 valence electrons. The summed E-state index contributed by atoms with van der Waals surface area (Å²) in [5, 5.41) is 10.7. The van der Waals surface area contributed by atoms with E-state index in [0.29, 0.717) is 11.8 Å². The largest absolute Gasteiger partial charge is 0.423 e. The minimum absolute atomic E-state index is 0.0462. The molecule has 0 atom stereocenters. The molecular weight excluding hydrogens is 282 g/mol. The van der Waals surface area contributed by atoms with Crippen molar-refractivity contribution in [2.45, 2.75) is 0 Å². The molecule has 3 aromatic rings. The molecule has 0 bridgehead atoms. The lowest BCUT2D eigenvalue weighted by atomic mass is 10.2. The SMILES string of the molecule is CN(c1ccccc1)c1ncc(-c2ccc([N+](=O)[O-])cc2)o1. The van der Waals surface area contributed by atoms with Crippen molar-refractivity contribution in [2.75, 3.05) is 11.9 Å². The number of hydrogen-bond donors (Lipinski definition) is 0. The number of rotatable bonds is 4. The molecule has 0 aliphatic rings. The van der Waals surface area contributed by atoms with E-state index < -0.39 is 4.92 Å². The normalized spacial score (nSPS) is 10.4. The van der Waals surface area contributed by atoms with E-state index in [1.165, 1.54) is 12.1 Å². The quantitative estimate of drug-likeness (QED) is 0.537. The van der Waals surface area contributed by atoms with Crippen LogP contribution in [0.15, 0.2) is 65.2 Å². The van der Waals surface area contributed by atoms with Gasteiger partial charge in [0.15, 0.2) is 5.76 Å². The molecule has 1 heterocycles. The van der Waals surface area contributed by atoms with E-state index in [9.17, 15) is 10.1 Å². The molecule has 6 nitrogen and oxygen atoms in total. The zero-order chi connectivity index (χ0) is 15.5. The zero-order valence-electron chi connectivity index (χ0n) is 11.8. The van der Waals surface area contributed by atoms with E-state index in [-0.39, 0.29) is 5.69 Å². The standard InChI is InChI=1S/C16H13N3O3/c1-18(13-5-3-2-4-6-13)16-17-11-15(22-16)12-7-9-14(10-8-12)19(20)21/h2-11H,1H3.